The molecular weight excluding hydrogens is 202 g/mol. The third-order valence-corrected chi connectivity index (χ3v) is 2.36. The SMILES string of the molecule is NC(=O)C1NC2=COCCN2C(=O)C1O. The highest BCUT2D eigenvalue weighted by molar-refractivity contribution is 5.93. The minimum atomic E-state index is -1.43. The van der Waals surface area contributed by atoms with Crippen LogP contribution in [0.4, 0.5) is 0 Å². The number of carbonyl (C=O) groups excluding carboxylic acids is 2. The number of aliphatic hydroxyl groups is 1. The number of hydrogen-bond acceptors (Lipinski definition) is 5. The molecule has 2 unspecified atom stereocenters. The molecule has 1 fully saturated rings. The summed E-state index contributed by atoms with van der Waals surface area (Å²) in [6, 6.07) is -1.10. The fourth-order valence-corrected chi connectivity index (χ4v) is 1.57. The summed E-state index contributed by atoms with van der Waals surface area (Å²) >= 11 is 0. The van der Waals surface area contributed by atoms with E-state index in [2.05, 4.69) is 5.32 Å². The second-order valence-corrected chi connectivity index (χ2v) is 3.33. The summed E-state index contributed by atoms with van der Waals surface area (Å²) in [5.41, 5.74) is 5.04. The molecule has 2 heterocycles. The predicted octanol–water partition coefficient (Wildman–Crippen LogP) is -2.54. The molecule has 0 radical (unpaired) electrons. The number of nitrogens with zero attached hydrogens (tertiary/aromatic N) is 1. The van der Waals surface area contributed by atoms with Crippen molar-refractivity contribution < 1.29 is 19.4 Å². The molecular formula is C8H11N3O4. The van der Waals surface area contributed by atoms with E-state index in [4.69, 9.17) is 10.5 Å². The van der Waals surface area contributed by atoms with Gasteiger partial charge in [0.05, 0.1) is 6.54 Å². The third kappa shape index (κ3) is 1.50. The van der Waals surface area contributed by atoms with E-state index in [9.17, 15) is 14.7 Å². The Labute approximate surface area is 85.5 Å². The molecule has 4 N–H and O–H groups in total. The van der Waals surface area contributed by atoms with Crippen LogP contribution in [0, 0.1) is 0 Å². The molecule has 7 nitrogen and oxygen atoms in total. The van der Waals surface area contributed by atoms with Crippen LogP contribution in [0.1, 0.15) is 0 Å². The van der Waals surface area contributed by atoms with Crippen LogP contribution in [0.2, 0.25) is 0 Å². The number of carbonyl (C=O) groups is 2. The zero-order chi connectivity index (χ0) is 11.0. The molecule has 0 saturated carbocycles. The van der Waals surface area contributed by atoms with Gasteiger partial charge in [-0.2, -0.15) is 0 Å². The van der Waals surface area contributed by atoms with Crippen LogP contribution in [0.3, 0.4) is 0 Å². The van der Waals surface area contributed by atoms with Crippen molar-refractivity contribution in [2.75, 3.05) is 13.2 Å². The molecule has 2 aliphatic heterocycles. The maximum atomic E-state index is 11.6. The first-order valence-corrected chi connectivity index (χ1v) is 4.48. The normalized spacial score (nSPS) is 29.8. The van der Waals surface area contributed by atoms with Gasteiger partial charge >= 0.3 is 0 Å². The highest BCUT2D eigenvalue weighted by atomic mass is 16.5. The minimum absolute atomic E-state index is 0.347. The highest BCUT2D eigenvalue weighted by Gasteiger charge is 2.41. The molecule has 0 aromatic rings. The quantitative estimate of drug-likeness (QED) is 0.445. The van der Waals surface area contributed by atoms with E-state index in [-0.39, 0.29) is 0 Å². The molecule has 15 heavy (non-hydrogen) atoms. The van der Waals surface area contributed by atoms with E-state index in [1.165, 1.54) is 11.2 Å². The van der Waals surface area contributed by atoms with Gasteiger partial charge < -0.3 is 20.9 Å². The van der Waals surface area contributed by atoms with Crippen molar-refractivity contribution in [1.29, 1.82) is 0 Å². The van der Waals surface area contributed by atoms with Gasteiger partial charge in [0.1, 0.15) is 24.7 Å². The highest BCUT2D eigenvalue weighted by Crippen LogP contribution is 2.17. The Morgan fingerprint density at radius 3 is 3.13 bits per heavy atom. The fourth-order valence-electron chi connectivity index (χ4n) is 1.57. The Balaban J connectivity index is 2.27. The number of rotatable bonds is 1. The van der Waals surface area contributed by atoms with Gasteiger partial charge in [0, 0.05) is 0 Å². The molecule has 0 spiro atoms. The number of ether oxygens (including phenoxy) is 1. The van der Waals surface area contributed by atoms with Gasteiger partial charge in [0.15, 0.2) is 6.10 Å². The van der Waals surface area contributed by atoms with E-state index < -0.39 is 24.0 Å². The largest absolute Gasteiger partial charge is 0.496 e. The molecule has 0 aromatic carbocycles. The van der Waals surface area contributed by atoms with Crippen LogP contribution in [-0.4, -0.2) is 47.1 Å². The summed E-state index contributed by atoms with van der Waals surface area (Å²) in [6.45, 7) is 0.713. The summed E-state index contributed by atoms with van der Waals surface area (Å²) in [7, 11) is 0. The number of primary amides is 1. The second-order valence-electron chi connectivity index (χ2n) is 3.33. The standard InChI is InChI=1S/C8H11N3O4/c9-7(13)5-6(12)8(14)11-1-2-15-3-4(11)10-5/h3,5-6,10,12H,1-2H2,(H2,9,13). The van der Waals surface area contributed by atoms with Crippen LogP contribution in [0.25, 0.3) is 0 Å². The van der Waals surface area contributed by atoms with Gasteiger partial charge in [-0.1, -0.05) is 0 Å². The molecule has 7 heteroatoms. The Bertz CT molecular complexity index is 341. The topological polar surface area (TPSA) is 105 Å². The van der Waals surface area contributed by atoms with E-state index in [1.54, 1.807) is 0 Å². The number of nitrogens with one attached hydrogen (secondary N) is 1. The molecule has 82 valence electrons. The van der Waals surface area contributed by atoms with Gasteiger partial charge in [0.2, 0.25) is 5.91 Å². The van der Waals surface area contributed by atoms with Gasteiger partial charge in [-0.25, -0.2) is 0 Å². The van der Waals surface area contributed by atoms with Crippen molar-refractivity contribution in [3.8, 4) is 0 Å². The lowest BCUT2D eigenvalue weighted by Gasteiger charge is -2.38. The van der Waals surface area contributed by atoms with E-state index in [0.29, 0.717) is 19.0 Å². The van der Waals surface area contributed by atoms with Crippen LogP contribution >= 0.6 is 0 Å². The Kier molecular flexibility index (Phi) is 2.24. The molecule has 2 atom stereocenters. The van der Waals surface area contributed by atoms with Gasteiger partial charge in [-0.3, -0.25) is 14.5 Å². The summed E-state index contributed by atoms with van der Waals surface area (Å²) in [4.78, 5) is 23.9. The van der Waals surface area contributed by atoms with Crippen molar-refractivity contribution in [1.82, 2.24) is 10.2 Å². The van der Waals surface area contributed by atoms with E-state index >= 15 is 0 Å². The summed E-state index contributed by atoms with van der Waals surface area (Å²) < 4.78 is 5.00. The van der Waals surface area contributed by atoms with Crippen LogP contribution in [0.5, 0.6) is 0 Å². The van der Waals surface area contributed by atoms with Crippen molar-refractivity contribution in [2.24, 2.45) is 5.73 Å². The summed E-state index contributed by atoms with van der Waals surface area (Å²) in [5, 5.41) is 12.2. The first-order valence-electron chi connectivity index (χ1n) is 4.48. The van der Waals surface area contributed by atoms with Gasteiger partial charge in [-0.15, -0.1) is 0 Å². The van der Waals surface area contributed by atoms with E-state index in [1.807, 2.05) is 0 Å². The summed E-state index contributed by atoms with van der Waals surface area (Å²) in [5.74, 6) is -0.950. The maximum absolute atomic E-state index is 11.6. The minimum Gasteiger partial charge on any atom is -0.496 e. The number of nitrogens with two attached hydrogens (primary N) is 1. The molecule has 0 aliphatic carbocycles. The average molecular weight is 213 g/mol. The number of amides is 2. The zero-order valence-corrected chi connectivity index (χ0v) is 7.84. The monoisotopic (exact) mass is 213 g/mol. The molecule has 0 aromatic heterocycles. The molecule has 2 amide bonds. The first kappa shape index (κ1) is 9.78. The third-order valence-electron chi connectivity index (χ3n) is 2.36. The van der Waals surface area contributed by atoms with Crippen molar-refractivity contribution in [3.05, 3.63) is 12.1 Å². The van der Waals surface area contributed by atoms with Crippen LogP contribution in [0.15, 0.2) is 12.1 Å². The second kappa shape index (κ2) is 3.43. The molecule has 1 saturated heterocycles. The number of hydrogen-bond donors (Lipinski definition) is 3. The predicted molar refractivity (Wildman–Crippen MR) is 47.9 cm³/mol. The Morgan fingerprint density at radius 2 is 2.47 bits per heavy atom. The van der Waals surface area contributed by atoms with Crippen LogP contribution < -0.4 is 11.1 Å². The summed E-state index contributed by atoms with van der Waals surface area (Å²) in [6.07, 6.45) is -0.0961. The lowest BCUT2D eigenvalue weighted by Crippen LogP contribution is -2.63. The molecule has 2 rings (SSSR count). The smallest absolute Gasteiger partial charge is 0.259 e. The first-order chi connectivity index (χ1) is 7.11. The molecule has 2 aliphatic rings. The maximum Gasteiger partial charge on any atom is 0.259 e. The van der Waals surface area contributed by atoms with Crippen molar-refractivity contribution in [3.63, 3.8) is 0 Å². The van der Waals surface area contributed by atoms with E-state index in [0.717, 1.165) is 0 Å². The lowest BCUT2D eigenvalue weighted by atomic mass is 10.1. The Morgan fingerprint density at radius 1 is 1.73 bits per heavy atom. The Hall–Kier alpha value is -1.76. The lowest BCUT2D eigenvalue weighted by molar-refractivity contribution is -0.148. The fraction of sp³-hybridized carbons (Fsp3) is 0.500. The van der Waals surface area contributed by atoms with Crippen molar-refractivity contribution in [2.45, 2.75) is 12.1 Å². The van der Waals surface area contributed by atoms with Gasteiger partial charge in [-0.05, 0) is 0 Å². The number of aliphatic hydroxyl groups excluding tert-OH is 1. The average Bonchev–Trinajstić information content (AvgIpc) is 2.23. The molecule has 0 bridgehead atoms. The van der Waals surface area contributed by atoms with Crippen LogP contribution in [-0.2, 0) is 14.3 Å². The number of fused-ring (bicyclic) bond motifs is 1. The van der Waals surface area contributed by atoms with Crippen molar-refractivity contribution >= 4 is 11.8 Å². The van der Waals surface area contributed by atoms with Gasteiger partial charge in [0.25, 0.3) is 5.91 Å². The zero-order valence-electron chi connectivity index (χ0n) is 7.84.